The first-order valence-electron chi connectivity index (χ1n) is 9.50. The highest BCUT2D eigenvalue weighted by Gasteiger charge is 2.07. The quantitative estimate of drug-likeness (QED) is 0.442. The standard InChI is InChI=1S/C23H22N6O/c1-29(2)18-14-12-17(13-15-18)25-23-27-22(16-24-28-23)26-20-10-6-7-11-21(20)30-19-8-4-3-5-9-19/h3-16H,1-2H3,(H2,25,26,27,28). The second kappa shape index (κ2) is 8.91. The van der Waals surface area contributed by atoms with Crippen molar-refractivity contribution < 1.29 is 4.74 Å². The fraction of sp³-hybridized carbons (Fsp3) is 0.0870. The molecule has 3 aromatic carbocycles. The zero-order valence-corrected chi connectivity index (χ0v) is 16.8. The van der Waals surface area contributed by atoms with E-state index in [1.165, 1.54) is 0 Å². The Morgan fingerprint density at radius 3 is 2.30 bits per heavy atom. The summed E-state index contributed by atoms with van der Waals surface area (Å²) in [6.07, 6.45) is 1.57. The van der Waals surface area contributed by atoms with Crippen LogP contribution in [-0.2, 0) is 0 Å². The smallest absolute Gasteiger partial charge is 0.249 e. The maximum Gasteiger partial charge on any atom is 0.249 e. The van der Waals surface area contributed by atoms with Crippen molar-refractivity contribution in [2.45, 2.75) is 0 Å². The van der Waals surface area contributed by atoms with Gasteiger partial charge < -0.3 is 20.3 Å². The van der Waals surface area contributed by atoms with E-state index in [2.05, 4.69) is 25.8 Å². The van der Waals surface area contributed by atoms with Crippen LogP contribution in [0.1, 0.15) is 0 Å². The molecule has 0 bridgehead atoms. The number of nitrogens with one attached hydrogen (secondary N) is 2. The lowest BCUT2D eigenvalue weighted by molar-refractivity contribution is 0.485. The van der Waals surface area contributed by atoms with Gasteiger partial charge in [-0.2, -0.15) is 10.1 Å². The third-order valence-corrected chi connectivity index (χ3v) is 4.32. The summed E-state index contributed by atoms with van der Waals surface area (Å²) in [4.78, 5) is 6.55. The summed E-state index contributed by atoms with van der Waals surface area (Å²) in [6, 6.07) is 25.3. The van der Waals surface area contributed by atoms with E-state index in [4.69, 9.17) is 4.74 Å². The van der Waals surface area contributed by atoms with Gasteiger partial charge in [0.15, 0.2) is 11.6 Å². The lowest BCUT2D eigenvalue weighted by Gasteiger charge is -2.14. The van der Waals surface area contributed by atoms with E-state index in [1.807, 2.05) is 97.9 Å². The van der Waals surface area contributed by atoms with Crippen LogP contribution in [0, 0.1) is 0 Å². The number of hydrogen-bond donors (Lipinski definition) is 2. The highest BCUT2D eigenvalue weighted by atomic mass is 16.5. The van der Waals surface area contributed by atoms with Crippen LogP contribution in [0.3, 0.4) is 0 Å². The molecule has 30 heavy (non-hydrogen) atoms. The third-order valence-electron chi connectivity index (χ3n) is 4.32. The van der Waals surface area contributed by atoms with E-state index in [9.17, 15) is 0 Å². The van der Waals surface area contributed by atoms with Crippen molar-refractivity contribution in [3.63, 3.8) is 0 Å². The van der Waals surface area contributed by atoms with Crippen molar-refractivity contribution in [3.05, 3.63) is 85.1 Å². The van der Waals surface area contributed by atoms with Crippen molar-refractivity contribution in [3.8, 4) is 11.5 Å². The molecule has 4 aromatic rings. The molecule has 0 atom stereocenters. The molecule has 0 spiro atoms. The maximum absolute atomic E-state index is 5.99. The van der Waals surface area contributed by atoms with Crippen LogP contribution in [0.2, 0.25) is 0 Å². The SMILES string of the molecule is CN(C)c1ccc(Nc2nncc(Nc3ccccc3Oc3ccccc3)n2)cc1. The highest BCUT2D eigenvalue weighted by molar-refractivity contribution is 5.65. The van der Waals surface area contributed by atoms with Gasteiger partial charge in [-0.15, -0.1) is 5.10 Å². The van der Waals surface area contributed by atoms with E-state index in [0.717, 1.165) is 22.8 Å². The number of rotatable bonds is 7. The van der Waals surface area contributed by atoms with E-state index in [1.54, 1.807) is 6.20 Å². The predicted octanol–water partition coefficient (Wildman–Crippen LogP) is 5.22. The summed E-state index contributed by atoms with van der Waals surface area (Å²) in [5.41, 5.74) is 2.78. The predicted molar refractivity (Wildman–Crippen MR) is 120 cm³/mol. The first-order chi connectivity index (χ1) is 14.7. The van der Waals surface area contributed by atoms with Crippen molar-refractivity contribution >= 4 is 28.8 Å². The Morgan fingerprint density at radius 1 is 0.800 bits per heavy atom. The molecule has 0 radical (unpaired) electrons. The van der Waals surface area contributed by atoms with Crippen LogP contribution < -0.4 is 20.3 Å². The largest absolute Gasteiger partial charge is 0.455 e. The number of nitrogens with zero attached hydrogens (tertiary/aromatic N) is 4. The van der Waals surface area contributed by atoms with Gasteiger partial charge in [-0.05, 0) is 48.5 Å². The Morgan fingerprint density at radius 2 is 1.53 bits per heavy atom. The first kappa shape index (κ1) is 19.2. The monoisotopic (exact) mass is 398 g/mol. The number of para-hydroxylation sites is 3. The average molecular weight is 398 g/mol. The van der Waals surface area contributed by atoms with Crippen LogP contribution in [0.25, 0.3) is 0 Å². The van der Waals surface area contributed by atoms with Gasteiger partial charge in [-0.3, -0.25) is 0 Å². The molecule has 1 aromatic heterocycles. The molecule has 1 heterocycles. The van der Waals surface area contributed by atoms with Gasteiger partial charge in [0.05, 0.1) is 11.9 Å². The minimum Gasteiger partial charge on any atom is -0.455 e. The van der Waals surface area contributed by atoms with Gasteiger partial charge in [-0.1, -0.05) is 30.3 Å². The molecule has 0 aliphatic rings. The van der Waals surface area contributed by atoms with Gasteiger partial charge in [0, 0.05) is 25.5 Å². The number of benzene rings is 3. The molecule has 0 fully saturated rings. The average Bonchev–Trinajstić information content (AvgIpc) is 2.76. The minimum atomic E-state index is 0.402. The number of hydrogen-bond acceptors (Lipinski definition) is 7. The van der Waals surface area contributed by atoms with Crippen LogP contribution in [0.15, 0.2) is 85.1 Å². The fourth-order valence-corrected chi connectivity index (χ4v) is 2.80. The van der Waals surface area contributed by atoms with Crippen LogP contribution in [0.5, 0.6) is 11.5 Å². The second-order valence-corrected chi connectivity index (χ2v) is 6.77. The number of anilines is 5. The lowest BCUT2D eigenvalue weighted by Crippen LogP contribution is -2.08. The Kier molecular flexibility index (Phi) is 5.70. The summed E-state index contributed by atoms with van der Waals surface area (Å²) < 4.78 is 5.99. The molecular weight excluding hydrogens is 376 g/mol. The molecular formula is C23H22N6O. The molecule has 150 valence electrons. The number of ether oxygens (including phenoxy) is 1. The molecule has 4 rings (SSSR count). The van der Waals surface area contributed by atoms with Crippen molar-refractivity contribution in [2.75, 3.05) is 29.6 Å². The van der Waals surface area contributed by atoms with Crippen LogP contribution in [-0.4, -0.2) is 29.3 Å². The second-order valence-electron chi connectivity index (χ2n) is 6.77. The van der Waals surface area contributed by atoms with Crippen molar-refractivity contribution in [1.29, 1.82) is 0 Å². The molecule has 0 saturated carbocycles. The summed E-state index contributed by atoms with van der Waals surface area (Å²) in [6.45, 7) is 0. The molecule has 0 saturated heterocycles. The van der Waals surface area contributed by atoms with Gasteiger partial charge in [0.25, 0.3) is 0 Å². The summed E-state index contributed by atoms with van der Waals surface area (Å²) in [5, 5.41) is 14.6. The summed E-state index contributed by atoms with van der Waals surface area (Å²) in [7, 11) is 4.01. The molecule has 0 unspecified atom stereocenters. The molecule has 0 aliphatic carbocycles. The van der Waals surface area contributed by atoms with E-state index >= 15 is 0 Å². The summed E-state index contributed by atoms with van der Waals surface area (Å²) >= 11 is 0. The van der Waals surface area contributed by atoms with Crippen LogP contribution >= 0.6 is 0 Å². The van der Waals surface area contributed by atoms with Crippen molar-refractivity contribution in [1.82, 2.24) is 15.2 Å². The Bertz CT molecular complexity index is 1100. The van der Waals surface area contributed by atoms with Gasteiger partial charge >= 0.3 is 0 Å². The molecule has 2 N–H and O–H groups in total. The van der Waals surface area contributed by atoms with E-state index in [-0.39, 0.29) is 0 Å². The van der Waals surface area contributed by atoms with Crippen LogP contribution in [0.4, 0.5) is 28.8 Å². The Labute approximate surface area is 175 Å². The normalized spacial score (nSPS) is 10.3. The first-order valence-corrected chi connectivity index (χ1v) is 9.50. The van der Waals surface area contributed by atoms with E-state index in [0.29, 0.717) is 17.5 Å². The number of aromatic nitrogens is 3. The lowest BCUT2D eigenvalue weighted by atomic mass is 10.2. The molecule has 7 nitrogen and oxygen atoms in total. The maximum atomic E-state index is 5.99. The zero-order valence-electron chi connectivity index (χ0n) is 16.8. The van der Waals surface area contributed by atoms with E-state index < -0.39 is 0 Å². The summed E-state index contributed by atoms with van der Waals surface area (Å²) in [5.74, 6) is 2.41. The van der Waals surface area contributed by atoms with Crippen molar-refractivity contribution in [2.24, 2.45) is 0 Å². The topological polar surface area (TPSA) is 75.2 Å². The molecule has 0 amide bonds. The molecule has 7 heteroatoms. The third kappa shape index (κ3) is 4.82. The highest BCUT2D eigenvalue weighted by Crippen LogP contribution is 2.31. The Balaban J connectivity index is 1.50. The van der Waals surface area contributed by atoms with Gasteiger partial charge in [-0.25, -0.2) is 0 Å². The fourth-order valence-electron chi connectivity index (χ4n) is 2.80. The van der Waals surface area contributed by atoms with Gasteiger partial charge in [0.1, 0.15) is 5.75 Å². The zero-order chi connectivity index (χ0) is 20.8. The minimum absolute atomic E-state index is 0.402. The van der Waals surface area contributed by atoms with Gasteiger partial charge in [0.2, 0.25) is 5.95 Å². The Hall–Kier alpha value is -4.13. The molecule has 0 aliphatic heterocycles.